The molecule has 1 heterocycles. The molecule has 7 heteroatoms. The van der Waals surface area contributed by atoms with Crippen molar-refractivity contribution in [3.05, 3.63) is 35.5 Å². The van der Waals surface area contributed by atoms with Gasteiger partial charge in [0.25, 0.3) is 0 Å². The lowest BCUT2D eigenvalue weighted by Crippen LogP contribution is -2.08. The maximum Gasteiger partial charge on any atom is 0.249 e. The molecule has 0 aliphatic heterocycles. The first-order valence-corrected chi connectivity index (χ1v) is 6.61. The predicted molar refractivity (Wildman–Crippen MR) is 79.5 cm³/mol. The van der Waals surface area contributed by atoms with Crippen LogP contribution in [0.2, 0.25) is 5.02 Å². The highest BCUT2D eigenvalue weighted by Crippen LogP contribution is 2.23. The summed E-state index contributed by atoms with van der Waals surface area (Å²) in [5.41, 5.74) is 0.743. The summed E-state index contributed by atoms with van der Waals surface area (Å²) in [5, 5.41) is 14.6. The lowest BCUT2D eigenvalue weighted by Gasteiger charge is -2.08. The van der Waals surface area contributed by atoms with Crippen molar-refractivity contribution >= 4 is 29.1 Å². The highest BCUT2D eigenvalue weighted by Gasteiger charge is 2.03. The molecule has 0 bridgehead atoms. The first-order valence-electron chi connectivity index (χ1n) is 6.23. The van der Waals surface area contributed by atoms with E-state index >= 15 is 0 Å². The largest absolute Gasteiger partial charge is 0.385 e. The van der Waals surface area contributed by atoms with Crippen molar-refractivity contribution in [1.82, 2.24) is 15.2 Å². The third-order valence-corrected chi connectivity index (χ3v) is 2.84. The molecule has 0 atom stereocenters. The topological polar surface area (TPSA) is 72.0 Å². The number of benzene rings is 1. The van der Waals surface area contributed by atoms with Crippen LogP contribution in [0.15, 0.2) is 30.5 Å². The van der Waals surface area contributed by atoms with Gasteiger partial charge in [-0.1, -0.05) is 23.7 Å². The SMILES string of the molecule is COCCCNc1cnnc(Nc2ccccc2Cl)n1. The van der Waals surface area contributed by atoms with Crippen LogP contribution >= 0.6 is 11.6 Å². The van der Waals surface area contributed by atoms with E-state index in [4.69, 9.17) is 16.3 Å². The van der Waals surface area contributed by atoms with Gasteiger partial charge >= 0.3 is 0 Å². The smallest absolute Gasteiger partial charge is 0.249 e. The van der Waals surface area contributed by atoms with Crippen LogP contribution in [-0.4, -0.2) is 35.4 Å². The van der Waals surface area contributed by atoms with Gasteiger partial charge in [0.05, 0.1) is 16.9 Å². The predicted octanol–water partition coefficient (Wildman–Crippen LogP) is 2.72. The molecule has 2 aromatic rings. The number of aromatic nitrogens is 3. The van der Waals surface area contributed by atoms with Crippen molar-refractivity contribution in [2.75, 3.05) is 30.9 Å². The van der Waals surface area contributed by atoms with E-state index < -0.39 is 0 Å². The van der Waals surface area contributed by atoms with Gasteiger partial charge in [0.15, 0.2) is 5.82 Å². The van der Waals surface area contributed by atoms with Crippen molar-refractivity contribution in [3.63, 3.8) is 0 Å². The fourth-order valence-electron chi connectivity index (χ4n) is 1.56. The van der Waals surface area contributed by atoms with Crippen molar-refractivity contribution in [3.8, 4) is 0 Å². The fourth-order valence-corrected chi connectivity index (χ4v) is 1.74. The molecule has 106 valence electrons. The summed E-state index contributed by atoms with van der Waals surface area (Å²) < 4.78 is 4.98. The molecule has 0 saturated carbocycles. The molecule has 6 nitrogen and oxygen atoms in total. The Labute approximate surface area is 122 Å². The molecule has 1 aromatic heterocycles. The first-order chi connectivity index (χ1) is 9.79. The highest BCUT2D eigenvalue weighted by atomic mass is 35.5. The van der Waals surface area contributed by atoms with Crippen LogP contribution in [0.25, 0.3) is 0 Å². The van der Waals surface area contributed by atoms with E-state index in [1.807, 2.05) is 18.2 Å². The summed E-state index contributed by atoms with van der Waals surface area (Å²) in [4.78, 5) is 4.31. The molecule has 0 unspecified atom stereocenters. The molecule has 0 aliphatic rings. The minimum atomic E-state index is 0.398. The zero-order valence-electron chi connectivity index (χ0n) is 11.1. The van der Waals surface area contributed by atoms with Crippen molar-refractivity contribution in [1.29, 1.82) is 0 Å². The summed E-state index contributed by atoms with van der Waals surface area (Å²) >= 11 is 6.06. The Hall–Kier alpha value is -1.92. The van der Waals surface area contributed by atoms with E-state index in [1.54, 1.807) is 19.4 Å². The summed E-state index contributed by atoms with van der Waals surface area (Å²) in [6, 6.07) is 7.39. The van der Waals surface area contributed by atoms with Crippen LogP contribution < -0.4 is 10.6 Å². The Balaban J connectivity index is 1.97. The maximum atomic E-state index is 6.06. The van der Waals surface area contributed by atoms with E-state index in [0.717, 1.165) is 18.7 Å². The van der Waals surface area contributed by atoms with E-state index in [0.29, 0.717) is 23.4 Å². The normalized spacial score (nSPS) is 10.3. The number of hydrogen-bond donors (Lipinski definition) is 2. The molecule has 2 rings (SSSR count). The number of nitrogens with one attached hydrogen (secondary N) is 2. The number of ether oxygens (including phenoxy) is 1. The van der Waals surface area contributed by atoms with Crippen LogP contribution in [0.4, 0.5) is 17.5 Å². The minimum Gasteiger partial charge on any atom is -0.385 e. The molecule has 0 aliphatic carbocycles. The zero-order valence-corrected chi connectivity index (χ0v) is 11.9. The molecule has 0 spiro atoms. The van der Waals surface area contributed by atoms with Crippen LogP contribution in [0.1, 0.15) is 6.42 Å². The van der Waals surface area contributed by atoms with Crippen molar-refractivity contribution < 1.29 is 4.74 Å². The molecule has 1 aromatic carbocycles. The molecule has 0 fully saturated rings. The number of nitrogens with zero attached hydrogens (tertiary/aromatic N) is 3. The lowest BCUT2D eigenvalue weighted by atomic mass is 10.3. The van der Waals surface area contributed by atoms with Gasteiger partial charge < -0.3 is 15.4 Å². The Kier molecular flexibility index (Phi) is 5.52. The van der Waals surface area contributed by atoms with Crippen LogP contribution in [0.5, 0.6) is 0 Å². The van der Waals surface area contributed by atoms with E-state index in [-0.39, 0.29) is 0 Å². The Morgan fingerprint density at radius 3 is 2.95 bits per heavy atom. The molecule has 0 saturated heterocycles. The molecule has 0 radical (unpaired) electrons. The summed E-state index contributed by atoms with van der Waals surface area (Å²) in [6.07, 6.45) is 2.47. The average molecular weight is 294 g/mol. The second-order valence-electron chi connectivity index (χ2n) is 4.04. The van der Waals surface area contributed by atoms with Crippen LogP contribution in [-0.2, 0) is 4.74 Å². The molecule has 0 amide bonds. The lowest BCUT2D eigenvalue weighted by molar-refractivity contribution is 0.197. The molecular formula is C13H16ClN5O. The van der Waals surface area contributed by atoms with Gasteiger partial charge in [0, 0.05) is 20.3 Å². The van der Waals surface area contributed by atoms with Crippen LogP contribution in [0.3, 0.4) is 0 Å². The number of para-hydroxylation sites is 1. The zero-order chi connectivity index (χ0) is 14.2. The van der Waals surface area contributed by atoms with Gasteiger partial charge in [0.1, 0.15) is 0 Å². The number of halogens is 1. The average Bonchev–Trinajstić information content (AvgIpc) is 2.47. The van der Waals surface area contributed by atoms with Crippen LogP contribution in [0, 0.1) is 0 Å². The Morgan fingerprint density at radius 1 is 1.30 bits per heavy atom. The maximum absolute atomic E-state index is 6.06. The molecular weight excluding hydrogens is 278 g/mol. The number of anilines is 3. The molecule has 20 heavy (non-hydrogen) atoms. The number of rotatable bonds is 7. The van der Waals surface area contributed by atoms with Gasteiger partial charge in [0.2, 0.25) is 5.95 Å². The third-order valence-electron chi connectivity index (χ3n) is 2.51. The van der Waals surface area contributed by atoms with E-state index in [1.165, 1.54) is 0 Å². The second-order valence-corrected chi connectivity index (χ2v) is 4.45. The standard InChI is InChI=1S/C13H16ClN5O/c1-20-8-4-7-15-12-9-16-19-13(18-12)17-11-6-3-2-5-10(11)14/h2-3,5-6,9H,4,7-8H2,1H3,(H2,15,17,18,19). The van der Waals surface area contributed by atoms with Gasteiger partial charge in [-0.15, -0.1) is 5.10 Å². The van der Waals surface area contributed by atoms with Gasteiger partial charge in [-0.3, -0.25) is 0 Å². The van der Waals surface area contributed by atoms with E-state index in [9.17, 15) is 0 Å². The third kappa shape index (κ3) is 4.32. The minimum absolute atomic E-state index is 0.398. The van der Waals surface area contributed by atoms with Crippen molar-refractivity contribution in [2.24, 2.45) is 0 Å². The van der Waals surface area contributed by atoms with Gasteiger partial charge in [-0.05, 0) is 18.6 Å². The second kappa shape index (κ2) is 7.62. The monoisotopic (exact) mass is 293 g/mol. The Bertz CT molecular complexity index is 552. The fraction of sp³-hybridized carbons (Fsp3) is 0.308. The summed E-state index contributed by atoms with van der Waals surface area (Å²) in [5.74, 6) is 1.06. The number of methoxy groups -OCH3 is 1. The first kappa shape index (κ1) is 14.5. The summed E-state index contributed by atoms with van der Waals surface area (Å²) in [7, 11) is 1.68. The Morgan fingerprint density at radius 2 is 2.15 bits per heavy atom. The van der Waals surface area contributed by atoms with Gasteiger partial charge in [-0.2, -0.15) is 10.1 Å². The molecule has 2 N–H and O–H groups in total. The number of hydrogen-bond acceptors (Lipinski definition) is 6. The van der Waals surface area contributed by atoms with E-state index in [2.05, 4.69) is 25.8 Å². The summed E-state index contributed by atoms with van der Waals surface area (Å²) in [6.45, 7) is 1.47. The highest BCUT2D eigenvalue weighted by molar-refractivity contribution is 6.33. The van der Waals surface area contributed by atoms with Crippen molar-refractivity contribution in [2.45, 2.75) is 6.42 Å². The quantitative estimate of drug-likeness (QED) is 0.765. The van der Waals surface area contributed by atoms with Gasteiger partial charge in [-0.25, -0.2) is 0 Å².